The van der Waals surface area contributed by atoms with E-state index in [1.807, 2.05) is 6.92 Å². The first-order chi connectivity index (χ1) is 11.8. The van der Waals surface area contributed by atoms with E-state index in [0.717, 1.165) is 51.5 Å². The van der Waals surface area contributed by atoms with Gasteiger partial charge in [0.1, 0.15) is 0 Å². The number of aliphatic imine (C=N–C) groups is 1. The maximum absolute atomic E-state index is 5.34. The van der Waals surface area contributed by atoms with E-state index in [2.05, 4.69) is 51.9 Å². The lowest BCUT2D eigenvalue weighted by Gasteiger charge is -2.11. The average molecular weight is 330 g/mol. The van der Waals surface area contributed by atoms with Gasteiger partial charge in [-0.3, -0.25) is 4.99 Å². The number of guanidine groups is 1. The second-order valence-electron chi connectivity index (χ2n) is 5.73. The Balaban J connectivity index is 1.81. The fraction of sp³-hybridized carbons (Fsp3) is 0.526. The van der Waals surface area contributed by atoms with Crippen molar-refractivity contribution in [2.75, 3.05) is 33.4 Å². The molecule has 0 amide bonds. The standard InChI is InChI=1S/C19H30N4O/c1-4-15-8-6-9-17-16(14-23-18(15)17)10-12-22-19(20-3)21-11-7-13-24-5-2/h6,8-9,14,23H,4-5,7,10-13H2,1-3H3,(H2,20,21,22). The molecule has 0 saturated heterocycles. The quantitative estimate of drug-likeness (QED) is 0.376. The summed E-state index contributed by atoms with van der Waals surface area (Å²) >= 11 is 0. The van der Waals surface area contributed by atoms with Crippen molar-refractivity contribution < 1.29 is 4.74 Å². The lowest BCUT2D eigenvalue weighted by molar-refractivity contribution is 0.145. The fourth-order valence-corrected chi connectivity index (χ4v) is 2.84. The highest BCUT2D eigenvalue weighted by Gasteiger charge is 2.06. The van der Waals surface area contributed by atoms with Gasteiger partial charge in [-0.2, -0.15) is 0 Å². The summed E-state index contributed by atoms with van der Waals surface area (Å²) in [6.45, 7) is 7.49. The zero-order valence-electron chi connectivity index (χ0n) is 15.1. The highest BCUT2D eigenvalue weighted by molar-refractivity contribution is 5.86. The van der Waals surface area contributed by atoms with Crippen LogP contribution in [0.25, 0.3) is 10.9 Å². The van der Waals surface area contributed by atoms with E-state index in [-0.39, 0.29) is 0 Å². The molecule has 0 unspecified atom stereocenters. The molecule has 24 heavy (non-hydrogen) atoms. The Morgan fingerprint density at radius 2 is 2.00 bits per heavy atom. The van der Waals surface area contributed by atoms with Crippen LogP contribution in [-0.2, 0) is 17.6 Å². The number of H-pyrrole nitrogens is 1. The molecule has 5 heteroatoms. The van der Waals surface area contributed by atoms with E-state index in [0.29, 0.717) is 0 Å². The van der Waals surface area contributed by atoms with Gasteiger partial charge < -0.3 is 20.4 Å². The number of nitrogens with zero attached hydrogens (tertiary/aromatic N) is 1. The van der Waals surface area contributed by atoms with Gasteiger partial charge in [0.15, 0.2) is 5.96 Å². The molecule has 3 N–H and O–H groups in total. The van der Waals surface area contributed by atoms with Crippen molar-refractivity contribution in [2.24, 2.45) is 4.99 Å². The molecular formula is C19H30N4O. The number of hydrogen-bond acceptors (Lipinski definition) is 2. The SMILES string of the molecule is CCOCCCNC(=NC)NCCc1c[nH]c2c(CC)cccc12. The summed E-state index contributed by atoms with van der Waals surface area (Å²) in [5.41, 5.74) is 3.99. The van der Waals surface area contributed by atoms with Crippen LogP contribution in [0.3, 0.4) is 0 Å². The van der Waals surface area contributed by atoms with Crippen molar-refractivity contribution in [2.45, 2.75) is 33.1 Å². The van der Waals surface area contributed by atoms with E-state index in [9.17, 15) is 0 Å². The van der Waals surface area contributed by atoms with Crippen LogP contribution in [-0.4, -0.2) is 44.3 Å². The van der Waals surface area contributed by atoms with E-state index in [1.54, 1.807) is 7.05 Å². The monoisotopic (exact) mass is 330 g/mol. The van der Waals surface area contributed by atoms with Crippen LogP contribution in [0.2, 0.25) is 0 Å². The smallest absolute Gasteiger partial charge is 0.190 e. The Labute approximate surface area is 144 Å². The molecule has 0 fully saturated rings. The third-order valence-electron chi connectivity index (χ3n) is 4.14. The molecule has 0 aliphatic rings. The lowest BCUT2D eigenvalue weighted by atomic mass is 10.1. The highest BCUT2D eigenvalue weighted by Crippen LogP contribution is 2.22. The van der Waals surface area contributed by atoms with Crippen molar-refractivity contribution in [3.8, 4) is 0 Å². The first kappa shape index (κ1) is 18.3. The minimum atomic E-state index is 0.775. The molecule has 0 radical (unpaired) electrons. The van der Waals surface area contributed by atoms with Crippen LogP contribution in [0.4, 0.5) is 0 Å². The number of aromatic amines is 1. The van der Waals surface area contributed by atoms with Gasteiger partial charge in [-0.1, -0.05) is 25.1 Å². The van der Waals surface area contributed by atoms with Crippen molar-refractivity contribution in [3.05, 3.63) is 35.5 Å². The average Bonchev–Trinajstić information content (AvgIpc) is 3.03. The Morgan fingerprint density at radius 1 is 1.17 bits per heavy atom. The van der Waals surface area contributed by atoms with Gasteiger partial charge in [0.05, 0.1) is 0 Å². The minimum Gasteiger partial charge on any atom is -0.382 e. The van der Waals surface area contributed by atoms with Gasteiger partial charge in [0.2, 0.25) is 0 Å². The van der Waals surface area contributed by atoms with E-state index in [4.69, 9.17) is 4.74 Å². The normalized spacial score (nSPS) is 11.9. The second-order valence-corrected chi connectivity index (χ2v) is 5.73. The van der Waals surface area contributed by atoms with Gasteiger partial charge in [-0.05, 0) is 37.3 Å². The number of para-hydroxylation sites is 1. The second kappa shape index (κ2) is 9.98. The van der Waals surface area contributed by atoms with Crippen molar-refractivity contribution in [1.82, 2.24) is 15.6 Å². The number of aryl methyl sites for hydroxylation is 1. The lowest BCUT2D eigenvalue weighted by Crippen LogP contribution is -2.39. The van der Waals surface area contributed by atoms with Crippen LogP contribution < -0.4 is 10.6 Å². The Morgan fingerprint density at radius 3 is 2.75 bits per heavy atom. The summed E-state index contributed by atoms with van der Waals surface area (Å²) in [4.78, 5) is 7.69. The molecule has 0 aliphatic heterocycles. The molecule has 0 bridgehead atoms. The number of fused-ring (bicyclic) bond motifs is 1. The van der Waals surface area contributed by atoms with Crippen LogP contribution >= 0.6 is 0 Å². The molecule has 1 heterocycles. The summed E-state index contributed by atoms with van der Waals surface area (Å²) in [7, 11) is 1.80. The Hall–Kier alpha value is -2.01. The fourth-order valence-electron chi connectivity index (χ4n) is 2.84. The molecule has 1 aromatic heterocycles. The molecule has 2 rings (SSSR count). The van der Waals surface area contributed by atoms with Crippen LogP contribution in [0.1, 0.15) is 31.4 Å². The van der Waals surface area contributed by atoms with Crippen LogP contribution in [0.15, 0.2) is 29.4 Å². The summed E-state index contributed by atoms with van der Waals surface area (Å²) in [5, 5.41) is 8.02. The molecule has 132 valence electrons. The molecule has 0 atom stereocenters. The number of benzene rings is 1. The molecular weight excluding hydrogens is 300 g/mol. The van der Waals surface area contributed by atoms with Crippen molar-refractivity contribution >= 4 is 16.9 Å². The molecule has 5 nitrogen and oxygen atoms in total. The summed E-state index contributed by atoms with van der Waals surface area (Å²) in [6.07, 6.45) is 5.13. The highest BCUT2D eigenvalue weighted by atomic mass is 16.5. The van der Waals surface area contributed by atoms with E-state index < -0.39 is 0 Å². The van der Waals surface area contributed by atoms with E-state index in [1.165, 1.54) is 22.0 Å². The third kappa shape index (κ3) is 4.99. The van der Waals surface area contributed by atoms with Crippen LogP contribution in [0, 0.1) is 0 Å². The van der Waals surface area contributed by atoms with Crippen LogP contribution in [0.5, 0.6) is 0 Å². The predicted octanol–water partition coefficient (Wildman–Crippen LogP) is 2.86. The summed E-state index contributed by atoms with van der Waals surface area (Å²) in [6, 6.07) is 6.53. The first-order valence-corrected chi connectivity index (χ1v) is 8.90. The predicted molar refractivity (Wildman–Crippen MR) is 102 cm³/mol. The molecule has 1 aromatic carbocycles. The van der Waals surface area contributed by atoms with Gasteiger partial charge >= 0.3 is 0 Å². The third-order valence-corrected chi connectivity index (χ3v) is 4.14. The minimum absolute atomic E-state index is 0.775. The zero-order chi connectivity index (χ0) is 17.2. The van der Waals surface area contributed by atoms with Gasteiger partial charge in [0.25, 0.3) is 0 Å². The van der Waals surface area contributed by atoms with Crippen molar-refractivity contribution in [1.29, 1.82) is 0 Å². The topological polar surface area (TPSA) is 61.4 Å². The summed E-state index contributed by atoms with van der Waals surface area (Å²) < 4.78 is 5.34. The molecule has 0 saturated carbocycles. The summed E-state index contributed by atoms with van der Waals surface area (Å²) in [5.74, 6) is 0.848. The number of aromatic nitrogens is 1. The Kier molecular flexibility index (Phi) is 7.62. The van der Waals surface area contributed by atoms with Crippen molar-refractivity contribution in [3.63, 3.8) is 0 Å². The van der Waals surface area contributed by atoms with Gasteiger partial charge in [0, 0.05) is 50.5 Å². The largest absolute Gasteiger partial charge is 0.382 e. The number of rotatable bonds is 9. The van der Waals surface area contributed by atoms with E-state index >= 15 is 0 Å². The Bertz CT molecular complexity index is 648. The van der Waals surface area contributed by atoms with Gasteiger partial charge in [-0.15, -0.1) is 0 Å². The first-order valence-electron chi connectivity index (χ1n) is 8.90. The zero-order valence-corrected chi connectivity index (χ0v) is 15.1. The maximum atomic E-state index is 5.34. The number of hydrogen-bond donors (Lipinski definition) is 3. The number of nitrogens with one attached hydrogen (secondary N) is 3. The molecule has 0 aliphatic carbocycles. The van der Waals surface area contributed by atoms with Gasteiger partial charge in [-0.25, -0.2) is 0 Å². The molecule has 0 spiro atoms. The molecule has 2 aromatic rings. The number of ether oxygens (including phenoxy) is 1. The maximum Gasteiger partial charge on any atom is 0.190 e.